The number of para-hydroxylation sites is 1. The van der Waals surface area contributed by atoms with Crippen molar-refractivity contribution in [3.05, 3.63) is 71.4 Å². The maximum absolute atomic E-state index is 12.9. The number of carboxylic acids is 1. The maximum Gasteiger partial charge on any atom is 0.326 e. The molecule has 0 aromatic heterocycles. The minimum absolute atomic E-state index is 0.0629. The summed E-state index contributed by atoms with van der Waals surface area (Å²) in [6.45, 7) is 3.73. The molecule has 0 fully saturated rings. The highest BCUT2D eigenvalue weighted by Crippen LogP contribution is 2.18. The molecule has 0 bridgehead atoms. The Hall–Kier alpha value is -3.61. The standard InChI is InChI=1S/C23H26N2O5/c1-15(2)13-19(23(28)29)25-22(27)18(14-16-9-5-4-6-10-16)24-21(26)17-11-7-8-12-20(17)30-3/h4-12,14-15,19H,13H2,1-3H3,(H,24,26)(H,25,27)(H,28,29)/b18-14-/t19-/m0/s1. The average molecular weight is 410 g/mol. The Labute approximate surface area is 175 Å². The first-order valence-corrected chi connectivity index (χ1v) is 9.56. The molecule has 2 aromatic rings. The van der Waals surface area contributed by atoms with E-state index in [1.807, 2.05) is 19.9 Å². The first-order valence-electron chi connectivity index (χ1n) is 9.56. The Morgan fingerprint density at radius 3 is 2.27 bits per heavy atom. The van der Waals surface area contributed by atoms with Gasteiger partial charge in [-0.15, -0.1) is 0 Å². The number of rotatable bonds is 9. The number of ether oxygens (including phenoxy) is 1. The number of amides is 2. The predicted octanol–water partition coefficient (Wildman–Crippen LogP) is 3.08. The van der Waals surface area contributed by atoms with Gasteiger partial charge in [-0.25, -0.2) is 4.79 Å². The SMILES string of the molecule is COc1ccccc1C(=O)N/C(=C\c1ccccc1)C(=O)N[C@@H](CC(C)C)C(=O)O. The van der Waals surface area contributed by atoms with E-state index >= 15 is 0 Å². The van der Waals surface area contributed by atoms with E-state index in [1.54, 1.807) is 48.5 Å². The monoisotopic (exact) mass is 410 g/mol. The predicted molar refractivity (Wildman–Crippen MR) is 114 cm³/mol. The maximum atomic E-state index is 12.9. The summed E-state index contributed by atoms with van der Waals surface area (Å²) < 4.78 is 5.21. The van der Waals surface area contributed by atoms with E-state index in [2.05, 4.69) is 10.6 Å². The van der Waals surface area contributed by atoms with Crippen molar-refractivity contribution in [2.24, 2.45) is 5.92 Å². The normalized spacial score (nSPS) is 12.2. The smallest absolute Gasteiger partial charge is 0.326 e. The Morgan fingerprint density at radius 1 is 1.03 bits per heavy atom. The number of carbonyl (C=O) groups excluding carboxylic acids is 2. The third-order valence-electron chi connectivity index (χ3n) is 4.27. The molecule has 2 aromatic carbocycles. The van der Waals surface area contributed by atoms with Crippen LogP contribution in [0.15, 0.2) is 60.3 Å². The molecule has 0 saturated heterocycles. The van der Waals surface area contributed by atoms with Crippen LogP contribution in [0.25, 0.3) is 6.08 Å². The number of aliphatic carboxylic acids is 1. The molecule has 7 nitrogen and oxygen atoms in total. The number of carbonyl (C=O) groups is 3. The van der Waals surface area contributed by atoms with Gasteiger partial charge in [-0.05, 0) is 36.1 Å². The van der Waals surface area contributed by atoms with Crippen LogP contribution in [0, 0.1) is 5.92 Å². The first kappa shape index (κ1) is 22.7. The van der Waals surface area contributed by atoms with Crippen molar-refractivity contribution >= 4 is 23.9 Å². The van der Waals surface area contributed by atoms with Crippen LogP contribution in [0.2, 0.25) is 0 Å². The quantitative estimate of drug-likeness (QED) is 0.551. The molecule has 7 heteroatoms. The molecular formula is C23H26N2O5. The van der Waals surface area contributed by atoms with Gasteiger partial charge in [0.2, 0.25) is 0 Å². The summed E-state index contributed by atoms with van der Waals surface area (Å²) in [6, 6.07) is 14.5. The average Bonchev–Trinajstić information content (AvgIpc) is 2.72. The minimum atomic E-state index is -1.13. The van der Waals surface area contributed by atoms with Crippen molar-refractivity contribution in [2.75, 3.05) is 7.11 Å². The van der Waals surface area contributed by atoms with E-state index in [4.69, 9.17) is 4.74 Å². The molecule has 158 valence electrons. The van der Waals surface area contributed by atoms with Crippen LogP contribution in [0.1, 0.15) is 36.2 Å². The summed E-state index contributed by atoms with van der Waals surface area (Å²) in [6.07, 6.45) is 1.76. The number of methoxy groups -OCH3 is 1. The molecule has 0 aliphatic heterocycles. The number of hydrogen-bond donors (Lipinski definition) is 3. The van der Waals surface area contributed by atoms with Crippen molar-refractivity contribution in [2.45, 2.75) is 26.3 Å². The molecule has 0 spiro atoms. The van der Waals surface area contributed by atoms with Crippen LogP contribution in [0.4, 0.5) is 0 Å². The van der Waals surface area contributed by atoms with Gasteiger partial charge in [-0.3, -0.25) is 9.59 Å². The Bertz CT molecular complexity index is 922. The second-order valence-electron chi connectivity index (χ2n) is 7.12. The number of carboxylic acid groups (broad SMARTS) is 1. The largest absolute Gasteiger partial charge is 0.496 e. The van der Waals surface area contributed by atoms with Crippen molar-refractivity contribution in [1.82, 2.24) is 10.6 Å². The summed E-state index contributed by atoms with van der Waals surface area (Å²) in [5, 5.41) is 14.5. The zero-order chi connectivity index (χ0) is 22.1. The third kappa shape index (κ3) is 6.48. The molecule has 0 saturated carbocycles. The van der Waals surface area contributed by atoms with Gasteiger partial charge in [0.25, 0.3) is 11.8 Å². The van der Waals surface area contributed by atoms with Crippen LogP contribution in [-0.2, 0) is 9.59 Å². The first-order chi connectivity index (χ1) is 14.3. The fraction of sp³-hybridized carbons (Fsp3) is 0.261. The lowest BCUT2D eigenvalue weighted by molar-refractivity contribution is -0.141. The molecule has 0 radical (unpaired) electrons. The lowest BCUT2D eigenvalue weighted by Crippen LogP contribution is -2.45. The van der Waals surface area contributed by atoms with Crippen LogP contribution in [0.5, 0.6) is 5.75 Å². The molecular weight excluding hydrogens is 384 g/mol. The van der Waals surface area contributed by atoms with Crippen LogP contribution >= 0.6 is 0 Å². The van der Waals surface area contributed by atoms with Gasteiger partial charge in [0, 0.05) is 0 Å². The Balaban J connectivity index is 2.33. The molecule has 1 atom stereocenters. The van der Waals surface area contributed by atoms with Crippen molar-refractivity contribution in [1.29, 1.82) is 0 Å². The molecule has 0 unspecified atom stereocenters. The van der Waals surface area contributed by atoms with E-state index in [-0.39, 0.29) is 23.6 Å². The van der Waals surface area contributed by atoms with E-state index in [1.165, 1.54) is 13.2 Å². The van der Waals surface area contributed by atoms with E-state index < -0.39 is 23.8 Å². The van der Waals surface area contributed by atoms with E-state index in [9.17, 15) is 19.5 Å². The summed E-state index contributed by atoms with van der Waals surface area (Å²) in [5.41, 5.74) is 0.870. The molecule has 0 heterocycles. The molecule has 2 rings (SSSR count). The van der Waals surface area contributed by atoms with Crippen LogP contribution < -0.4 is 15.4 Å². The lowest BCUT2D eigenvalue weighted by atomic mass is 10.0. The van der Waals surface area contributed by atoms with Gasteiger partial charge in [0.15, 0.2) is 0 Å². The number of nitrogens with one attached hydrogen (secondary N) is 2. The third-order valence-corrected chi connectivity index (χ3v) is 4.27. The van der Waals surface area contributed by atoms with Crippen LogP contribution in [0.3, 0.4) is 0 Å². The number of hydrogen-bond acceptors (Lipinski definition) is 4. The van der Waals surface area contributed by atoms with Gasteiger partial charge in [-0.1, -0.05) is 56.3 Å². The molecule has 0 aliphatic rings. The van der Waals surface area contributed by atoms with E-state index in [0.717, 1.165) is 0 Å². The second-order valence-corrected chi connectivity index (χ2v) is 7.12. The molecule has 3 N–H and O–H groups in total. The van der Waals surface area contributed by atoms with Crippen molar-refractivity contribution in [3.8, 4) is 5.75 Å². The molecule has 0 aliphatic carbocycles. The summed E-state index contributed by atoms with van der Waals surface area (Å²) in [4.78, 5) is 37.2. The van der Waals surface area contributed by atoms with Crippen LogP contribution in [-0.4, -0.2) is 36.0 Å². The highest BCUT2D eigenvalue weighted by Gasteiger charge is 2.24. The fourth-order valence-electron chi connectivity index (χ4n) is 2.83. The molecule has 30 heavy (non-hydrogen) atoms. The van der Waals surface area contributed by atoms with Gasteiger partial charge in [0.05, 0.1) is 12.7 Å². The van der Waals surface area contributed by atoms with Crippen molar-refractivity contribution in [3.63, 3.8) is 0 Å². The number of benzene rings is 2. The minimum Gasteiger partial charge on any atom is -0.496 e. The van der Waals surface area contributed by atoms with Gasteiger partial charge in [0.1, 0.15) is 17.5 Å². The lowest BCUT2D eigenvalue weighted by Gasteiger charge is -2.18. The second kappa shape index (κ2) is 10.8. The zero-order valence-corrected chi connectivity index (χ0v) is 17.2. The van der Waals surface area contributed by atoms with Gasteiger partial charge >= 0.3 is 5.97 Å². The van der Waals surface area contributed by atoms with E-state index in [0.29, 0.717) is 11.3 Å². The van der Waals surface area contributed by atoms with Gasteiger partial charge < -0.3 is 20.5 Å². The zero-order valence-electron chi connectivity index (χ0n) is 17.2. The Kier molecular flexibility index (Phi) is 8.17. The Morgan fingerprint density at radius 2 is 1.67 bits per heavy atom. The highest BCUT2D eigenvalue weighted by atomic mass is 16.5. The summed E-state index contributed by atoms with van der Waals surface area (Å²) in [5.74, 6) is -1.93. The summed E-state index contributed by atoms with van der Waals surface area (Å²) >= 11 is 0. The molecule has 2 amide bonds. The van der Waals surface area contributed by atoms with Crippen molar-refractivity contribution < 1.29 is 24.2 Å². The highest BCUT2D eigenvalue weighted by molar-refractivity contribution is 6.07. The topological polar surface area (TPSA) is 105 Å². The fourth-order valence-corrected chi connectivity index (χ4v) is 2.83. The van der Waals surface area contributed by atoms with Gasteiger partial charge in [-0.2, -0.15) is 0 Å². The summed E-state index contributed by atoms with van der Waals surface area (Å²) in [7, 11) is 1.45.